The van der Waals surface area contributed by atoms with Gasteiger partial charge < -0.3 is 16.0 Å². The van der Waals surface area contributed by atoms with E-state index in [1.807, 2.05) is 18.2 Å². The number of primary amides is 1. The lowest BCUT2D eigenvalue weighted by Crippen LogP contribution is -2.45. The summed E-state index contributed by atoms with van der Waals surface area (Å²) in [5.41, 5.74) is 7.19. The Morgan fingerprint density at radius 2 is 2.14 bits per heavy atom. The zero-order chi connectivity index (χ0) is 14.8. The number of carbonyl (C=O) groups excluding carboxylic acids is 1. The number of carbonyl (C=O) groups is 1. The minimum atomic E-state index is -0.361. The fraction of sp³-hybridized carbons (Fsp3) is 0.562. The van der Waals surface area contributed by atoms with Crippen LogP contribution in [0.15, 0.2) is 22.7 Å². The van der Waals surface area contributed by atoms with E-state index >= 15 is 0 Å². The monoisotopic (exact) mass is 351 g/mol. The first kappa shape index (κ1) is 14.9. The summed E-state index contributed by atoms with van der Waals surface area (Å²) in [5.74, 6) is -0.361. The predicted molar refractivity (Wildman–Crippen MR) is 88.7 cm³/mol. The van der Waals surface area contributed by atoms with Crippen LogP contribution < -0.4 is 16.0 Å². The summed E-state index contributed by atoms with van der Waals surface area (Å²) in [6.45, 7) is 2.06. The molecule has 1 unspecified atom stereocenters. The van der Waals surface area contributed by atoms with Crippen LogP contribution in [0.25, 0.3) is 0 Å². The third-order valence-electron chi connectivity index (χ3n) is 4.36. The molecule has 0 aromatic heterocycles. The number of benzene rings is 1. The van der Waals surface area contributed by atoms with E-state index < -0.39 is 0 Å². The highest BCUT2D eigenvalue weighted by Crippen LogP contribution is 2.36. The van der Waals surface area contributed by atoms with Crippen LogP contribution in [0, 0.1) is 0 Å². The summed E-state index contributed by atoms with van der Waals surface area (Å²) in [7, 11) is 0. The summed E-state index contributed by atoms with van der Waals surface area (Å²) < 4.78 is 0.787. The van der Waals surface area contributed by atoms with Gasteiger partial charge in [0, 0.05) is 23.1 Å². The molecule has 1 heterocycles. The molecule has 1 aliphatic carbocycles. The number of halogens is 1. The third-order valence-corrected chi connectivity index (χ3v) is 5.03. The topological polar surface area (TPSA) is 58.4 Å². The van der Waals surface area contributed by atoms with Gasteiger partial charge in [-0.3, -0.25) is 4.79 Å². The van der Waals surface area contributed by atoms with Gasteiger partial charge in [-0.15, -0.1) is 0 Å². The number of anilines is 1. The van der Waals surface area contributed by atoms with Crippen molar-refractivity contribution in [2.24, 2.45) is 5.73 Å². The molecule has 1 aromatic rings. The fourth-order valence-electron chi connectivity index (χ4n) is 3.14. The van der Waals surface area contributed by atoms with Crippen LogP contribution in [-0.4, -0.2) is 31.1 Å². The Morgan fingerprint density at radius 1 is 1.33 bits per heavy atom. The molecular weight excluding hydrogens is 330 g/mol. The average molecular weight is 352 g/mol. The van der Waals surface area contributed by atoms with Gasteiger partial charge in [-0.05, 0) is 60.3 Å². The van der Waals surface area contributed by atoms with Gasteiger partial charge >= 0.3 is 0 Å². The zero-order valence-corrected chi connectivity index (χ0v) is 13.7. The van der Waals surface area contributed by atoms with Crippen LogP contribution in [0.1, 0.15) is 42.5 Å². The van der Waals surface area contributed by atoms with Gasteiger partial charge in [-0.2, -0.15) is 0 Å². The van der Waals surface area contributed by atoms with E-state index in [9.17, 15) is 4.79 Å². The van der Waals surface area contributed by atoms with Crippen molar-refractivity contribution in [3.63, 3.8) is 0 Å². The molecule has 4 nitrogen and oxygen atoms in total. The Balaban J connectivity index is 1.87. The number of amides is 1. The van der Waals surface area contributed by atoms with E-state index in [0.29, 0.717) is 17.6 Å². The summed E-state index contributed by atoms with van der Waals surface area (Å²) in [5, 5.41) is 3.60. The van der Waals surface area contributed by atoms with Gasteiger partial charge in [0.15, 0.2) is 0 Å². The molecule has 5 heteroatoms. The molecule has 0 spiro atoms. The number of nitrogens with zero attached hydrogens (tertiary/aromatic N) is 1. The maximum Gasteiger partial charge on any atom is 0.251 e. The predicted octanol–water partition coefficient (Wildman–Crippen LogP) is 2.66. The van der Waals surface area contributed by atoms with Crippen molar-refractivity contribution in [1.82, 2.24) is 5.32 Å². The standard InChI is InChI=1S/C16H22BrN3O/c17-13-5-3-6-14(15(13)16(18)21)20(12-7-8-12)10-11-4-1-2-9-19-11/h3,5-6,11-12,19H,1-2,4,7-10H2,(H2,18,21). The van der Waals surface area contributed by atoms with Crippen molar-refractivity contribution in [2.45, 2.75) is 44.2 Å². The highest BCUT2D eigenvalue weighted by Gasteiger charge is 2.33. The Bertz CT molecular complexity index is 524. The SMILES string of the molecule is NC(=O)c1c(Br)cccc1N(CC1CCCCN1)C1CC1. The molecule has 1 aromatic carbocycles. The van der Waals surface area contributed by atoms with Crippen molar-refractivity contribution >= 4 is 27.5 Å². The molecule has 114 valence electrons. The maximum atomic E-state index is 11.8. The van der Waals surface area contributed by atoms with Crippen LogP contribution in [0.3, 0.4) is 0 Å². The second-order valence-electron chi connectivity index (χ2n) is 6.03. The van der Waals surface area contributed by atoms with Crippen LogP contribution >= 0.6 is 15.9 Å². The minimum Gasteiger partial charge on any atom is -0.366 e. The van der Waals surface area contributed by atoms with Crippen LogP contribution in [0.2, 0.25) is 0 Å². The van der Waals surface area contributed by atoms with Crippen LogP contribution in [0.4, 0.5) is 5.69 Å². The number of hydrogen-bond acceptors (Lipinski definition) is 3. The smallest absolute Gasteiger partial charge is 0.251 e. The normalized spacial score (nSPS) is 22.0. The molecular formula is C16H22BrN3O. The number of hydrogen-bond donors (Lipinski definition) is 2. The van der Waals surface area contributed by atoms with E-state index in [1.165, 1.54) is 32.1 Å². The van der Waals surface area contributed by atoms with Gasteiger partial charge in [-0.1, -0.05) is 12.5 Å². The van der Waals surface area contributed by atoms with Crippen molar-refractivity contribution < 1.29 is 4.79 Å². The van der Waals surface area contributed by atoms with Crippen molar-refractivity contribution in [3.8, 4) is 0 Å². The second-order valence-corrected chi connectivity index (χ2v) is 6.88. The summed E-state index contributed by atoms with van der Waals surface area (Å²) in [4.78, 5) is 14.2. The fourth-order valence-corrected chi connectivity index (χ4v) is 3.69. The lowest BCUT2D eigenvalue weighted by molar-refractivity contribution is 0.1000. The molecule has 0 radical (unpaired) electrons. The first-order valence-corrected chi connectivity index (χ1v) is 8.54. The molecule has 1 atom stereocenters. The van der Waals surface area contributed by atoms with Gasteiger partial charge in [0.05, 0.1) is 11.3 Å². The molecule has 1 saturated heterocycles. The molecule has 1 amide bonds. The summed E-state index contributed by atoms with van der Waals surface area (Å²) in [6.07, 6.45) is 6.18. The molecule has 3 N–H and O–H groups in total. The van der Waals surface area contributed by atoms with E-state index in [2.05, 4.69) is 26.1 Å². The highest BCUT2D eigenvalue weighted by molar-refractivity contribution is 9.10. The lowest BCUT2D eigenvalue weighted by atomic mass is 10.0. The second kappa shape index (κ2) is 6.36. The molecule has 1 aliphatic heterocycles. The number of nitrogens with one attached hydrogen (secondary N) is 1. The number of piperidine rings is 1. The summed E-state index contributed by atoms with van der Waals surface area (Å²) >= 11 is 3.47. The van der Waals surface area contributed by atoms with E-state index in [1.54, 1.807) is 0 Å². The van der Waals surface area contributed by atoms with Gasteiger partial charge in [-0.25, -0.2) is 0 Å². The highest BCUT2D eigenvalue weighted by atomic mass is 79.9. The molecule has 2 aliphatic rings. The maximum absolute atomic E-state index is 11.8. The van der Waals surface area contributed by atoms with Gasteiger partial charge in [0.1, 0.15) is 0 Å². The zero-order valence-electron chi connectivity index (χ0n) is 12.1. The minimum absolute atomic E-state index is 0.361. The van der Waals surface area contributed by atoms with Crippen molar-refractivity contribution in [1.29, 1.82) is 0 Å². The molecule has 21 heavy (non-hydrogen) atoms. The summed E-state index contributed by atoms with van der Waals surface area (Å²) in [6, 6.07) is 6.95. The first-order chi connectivity index (χ1) is 10.2. The van der Waals surface area contributed by atoms with Crippen molar-refractivity contribution in [2.75, 3.05) is 18.0 Å². The molecule has 3 rings (SSSR count). The number of rotatable bonds is 5. The Labute approximate surface area is 134 Å². The third kappa shape index (κ3) is 3.40. The Hall–Kier alpha value is -1.07. The number of nitrogens with two attached hydrogens (primary N) is 1. The molecule has 2 fully saturated rings. The van der Waals surface area contributed by atoms with E-state index in [-0.39, 0.29) is 5.91 Å². The first-order valence-electron chi connectivity index (χ1n) is 7.75. The van der Waals surface area contributed by atoms with E-state index in [4.69, 9.17) is 5.73 Å². The lowest BCUT2D eigenvalue weighted by Gasteiger charge is -2.33. The molecule has 1 saturated carbocycles. The Morgan fingerprint density at radius 3 is 2.76 bits per heavy atom. The Kier molecular flexibility index (Phi) is 4.50. The van der Waals surface area contributed by atoms with Crippen LogP contribution in [0.5, 0.6) is 0 Å². The van der Waals surface area contributed by atoms with Crippen LogP contribution in [-0.2, 0) is 0 Å². The molecule has 0 bridgehead atoms. The average Bonchev–Trinajstić information content (AvgIpc) is 3.30. The largest absolute Gasteiger partial charge is 0.366 e. The van der Waals surface area contributed by atoms with Crippen molar-refractivity contribution in [3.05, 3.63) is 28.2 Å². The quantitative estimate of drug-likeness (QED) is 0.857. The van der Waals surface area contributed by atoms with E-state index in [0.717, 1.165) is 23.2 Å². The van der Waals surface area contributed by atoms with Gasteiger partial charge in [0.2, 0.25) is 0 Å². The van der Waals surface area contributed by atoms with Gasteiger partial charge in [0.25, 0.3) is 5.91 Å².